The van der Waals surface area contributed by atoms with Gasteiger partial charge in [-0.05, 0) is 31.0 Å². The molecule has 0 spiro atoms. The summed E-state index contributed by atoms with van der Waals surface area (Å²) in [5.41, 5.74) is 1.93. The van der Waals surface area contributed by atoms with E-state index in [1.807, 2.05) is 6.92 Å². The molecule has 112 valence electrons. The number of aromatic nitrogens is 1. The number of hydrogen-bond donors (Lipinski definition) is 2. The number of carbonyl (C=O) groups is 1. The molecular weight excluding hydrogens is 292 g/mol. The minimum absolute atomic E-state index is 0.0462. The van der Waals surface area contributed by atoms with Crippen molar-refractivity contribution in [3.63, 3.8) is 0 Å². The van der Waals surface area contributed by atoms with E-state index in [-0.39, 0.29) is 12.3 Å². The molecule has 21 heavy (non-hydrogen) atoms. The molecule has 1 aromatic carbocycles. The van der Waals surface area contributed by atoms with Gasteiger partial charge in [0.2, 0.25) is 5.91 Å². The Morgan fingerprint density at radius 3 is 2.71 bits per heavy atom. The first-order valence-electron chi connectivity index (χ1n) is 6.69. The number of hydrogen-bond acceptors (Lipinski definition) is 4. The summed E-state index contributed by atoms with van der Waals surface area (Å²) in [6.45, 7) is 3.66. The van der Waals surface area contributed by atoms with Crippen molar-refractivity contribution in [1.29, 1.82) is 0 Å². The molecule has 2 N–H and O–H groups in total. The van der Waals surface area contributed by atoms with Gasteiger partial charge in [-0.3, -0.25) is 4.79 Å². The van der Waals surface area contributed by atoms with Crippen molar-refractivity contribution in [2.45, 2.75) is 32.8 Å². The highest BCUT2D eigenvalue weighted by Gasteiger charge is 2.17. The maximum absolute atomic E-state index is 12.0. The normalized spacial score (nSPS) is 12.2. The third-order valence-corrected chi connectivity index (χ3v) is 3.42. The van der Waals surface area contributed by atoms with E-state index in [1.165, 1.54) is 0 Å². The third kappa shape index (κ3) is 3.83. The van der Waals surface area contributed by atoms with Crippen LogP contribution in [0.4, 0.5) is 5.69 Å². The lowest BCUT2D eigenvalue weighted by atomic mass is 10.1. The molecule has 0 fully saturated rings. The SMILES string of the molecule is CCc1noc(C)c1NC(=O)CC(O)c1ccc(Cl)cc1. The van der Waals surface area contributed by atoms with Crippen molar-refractivity contribution < 1.29 is 14.4 Å². The topological polar surface area (TPSA) is 75.4 Å². The van der Waals surface area contributed by atoms with Crippen molar-refractivity contribution in [2.24, 2.45) is 0 Å². The molecule has 2 aromatic rings. The summed E-state index contributed by atoms with van der Waals surface area (Å²) in [4.78, 5) is 12.0. The molecule has 0 bridgehead atoms. The molecule has 0 aliphatic heterocycles. The van der Waals surface area contributed by atoms with Crippen LogP contribution in [-0.4, -0.2) is 16.2 Å². The molecule has 1 aromatic heterocycles. The fourth-order valence-corrected chi connectivity index (χ4v) is 2.11. The summed E-state index contributed by atoms with van der Waals surface area (Å²) in [7, 11) is 0. The quantitative estimate of drug-likeness (QED) is 0.889. The van der Waals surface area contributed by atoms with Gasteiger partial charge in [-0.1, -0.05) is 35.8 Å². The van der Waals surface area contributed by atoms with Crippen LogP contribution in [0, 0.1) is 6.92 Å². The number of benzene rings is 1. The Morgan fingerprint density at radius 2 is 2.10 bits per heavy atom. The number of carbonyl (C=O) groups excluding carboxylic acids is 1. The highest BCUT2D eigenvalue weighted by atomic mass is 35.5. The zero-order chi connectivity index (χ0) is 15.4. The first-order chi connectivity index (χ1) is 10.0. The van der Waals surface area contributed by atoms with E-state index in [1.54, 1.807) is 31.2 Å². The van der Waals surface area contributed by atoms with Crippen LogP contribution >= 0.6 is 11.6 Å². The maximum atomic E-state index is 12.0. The van der Waals surface area contributed by atoms with Crippen LogP contribution in [-0.2, 0) is 11.2 Å². The fourth-order valence-electron chi connectivity index (χ4n) is 1.99. The van der Waals surface area contributed by atoms with E-state index >= 15 is 0 Å². The molecule has 0 aliphatic carbocycles. The van der Waals surface area contributed by atoms with Crippen LogP contribution in [0.3, 0.4) is 0 Å². The van der Waals surface area contributed by atoms with E-state index in [4.69, 9.17) is 16.1 Å². The molecule has 0 aliphatic rings. The molecule has 0 saturated carbocycles. The van der Waals surface area contributed by atoms with E-state index < -0.39 is 6.10 Å². The van der Waals surface area contributed by atoms with Crippen LogP contribution in [0.1, 0.15) is 36.5 Å². The molecule has 2 rings (SSSR count). The summed E-state index contributed by atoms with van der Waals surface area (Å²) in [5, 5.41) is 17.3. The largest absolute Gasteiger partial charge is 0.388 e. The number of rotatable bonds is 5. The lowest BCUT2D eigenvalue weighted by molar-refractivity contribution is -0.118. The smallest absolute Gasteiger partial charge is 0.227 e. The van der Waals surface area contributed by atoms with Crippen LogP contribution in [0.25, 0.3) is 0 Å². The number of aliphatic hydroxyl groups is 1. The van der Waals surface area contributed by atoms with Gasteiger partial charge in [0.15, 0.2) is 5.76 Å². The first kappa shape index (κ1) is 15.5. The van der Waals surface area contributed by atoms with Gasteiger partial charge in [0.05, 0.1) is 12.5 Å². The average Bonchev–Trinajstić information content (AvgIpc) is 2.80. The molecule has 1 amide bonds. The highest BCUT2D eigenvalue weighted by molar-refractivity contribution is 6.30. The maximum Gasteiger partial charge on any atom is 0.227 e. The average molecular weight is 309 g/mol. The van der Waals surface area contributed by atoms with Crippen LogP contribution in [0.2, 0.25) is 5.02 Å². The number of halogens is 1. The summed E-state index contributed by atoms with van der Waals surface area (Å²) < 4.78 is 5.05. The Hall–Kier alpha value is -1.85. The van der Waals surface area contributed by atoms with Gasteiger partial charge in [-0.2, -0.15) is 0 Å². The second kappa shape index (κ2) is 6.74. The Balaban J connectivity index is 2.01. The first-order valence-corrected chi connectivity index (χ1v) is 7.07. The van der Waals surface area contributed by atoms with Crippen LogP contribution in [0.5, 0.6) is 0 Å². The van der Waals surface area contributed by atoms with E-state index in [0.29, 0.717) is 34.1 Å². The number of nitrogens with zero attached hydrogens (tertiary/aromatic N) is 1. The monoisotopic (exact) mass is 308 g/mol. The minimum Gasteiger partial charge on any atom is -0.388 e. The molecular formula is C15H17ClN2O3. The van der Waals surface area contributed by atoms with Gasteiger partial charge >= 0.3 is 0 Å². The third-order valence-electron chi connectivity index (χ3n) is 3.17. The second-order valence-electron chi connectivity index (χ2n) is 4.73. The number of nitrogens with one attached hydrogen (secondary N) is 1. The van der Waals surface area contributed by atoms with Crippen molar-refractivity contribution >= 4 is 23.2 Å². The molecule has 1 heterocycles. The number of aryl methyl sites for hydroxylation is 2. The van der Waals surface area contributed by atoms with Crippen molar-refractivity contribution in [3.05, 3.63) is 46.3 Å². The Morgan fingerprint density at radius 1 is 1.43 bits per heavy atom. The molecule has 1 unspecified atom stereocenters. The summed E-state index contributed by atoms with van der Waals surface area (Å²) in [6.07, 6.45) is -0.269. The second-order valence-corrected chi connectivity index (χ2v) is 5.17. The summed E-state index contributed by atoms with van der Waals surface area (Å²) in [6, 6.07) is 6.75. The van der Waals surface area contributed by atoms with Crippen LogP contribution < -0.4 is 5.32 Å². The fraction of sp³-hybridized carbons (Fsp3) is 0.333. The number of anilines is 1. The lowest BCUT2D eigenvalue weighted by Gasteiger charge is -2.11. The predicted octanol–water partition coefficient (Wildman–Crippen LogP) is 3.26. The molecule has 5 nitrogen and oxygen atoms in total. The van der Waals surface area contributed by atoms with Gasteiger partial charge in [0.25, 0.3) is 0 Å². The Labute approximate surface area is 127 Å². The molecule has 0 radical (unpaired) electrons. The lowest BCUT2D eigenvalue weighted by Crippen LogP contribution is -2.16. The standard InChI is InChI=1S/C15H17ClN2O3/c1-3-12-15(9(2)21-18-12)17-14(20)8-13(19)10-4-6-11(16)7-5-10/h4-7,13,19H,3,8H2,1-2H3,(H,17,20). The van der Waals surface area contributed by atoms with Gasteiger partial charge in [0, 0.05) is 5.02 Å². The zero-order valence-corrected chi connectivity index (χ0v) is 12.6. The molecule has 1 atom stereocenters. The highest BCUT2D eigenvalue weighted by Crippen LogP contribution is 2.23. The van der Waals surface area contributed by atoms with Gasteiger partial charge in [0.1, 0.15) is 11.4 Å². The minimum atomic E-state index is -0.882. The number of amides is 1. The van der Waals surface area contributed by atoms with E-state index in [9.17, 15) is 9.90 Å². The molecule has 0 saturated heterocycles. The molecule has 6 heteroatoms. The zero-order valence-electron chi connectivity index (χ0n) is 11.9. The Bertz CT molecular complexity index is 622. The van der Waals surface area contributed by atoms with Gasteiger partial charge in [-0.25, -0.2) is 0 Å². The van der Waals surface area contributed by atoms with Gasteiger partial charge < -0.3 is 14.9 Å². The summed E-state index contributed by atoms with van der Waals surface area (Å²) in [5.74, 6) is 0.264. The van der Waals surface area contributed by atoms with E-state index in [0.717, 1.165) is 0 Å². The number of aliphatic hydroxyl groups excluding tert-OH is 1. The van der Waals surface area contributed by atoms with Crippen molar-refractivity contribution in [2.75, 3.05) is 5.32 Å². The summed E-state index contributed by atoms with van der Waals surface area (Å²) >= 11 is 5.79. The van der Waals surface area contributed by atoms with E-state index in [2.05, 4.69) is 10.5 Å². The predicted molar refractivity (Wildman–Crippen MR) is 80.3 cm³/mol. The van der Waals surface area contributed by atoms with Crippen molar-refractivity contribution in [3.8, 4) is 0 Å². The van der Waals surface area contributed by atoms with Crippen molar-refractivity contribution in [1.82, 2.24) is 5.16 Å². The van der Waals surface area contributed by atoms with Crippen LogP contribution in [0.15, 0.2) is 28.8 Å². The Kier molecular flexibility index (Phi) is 4.98. The van der Waals surface area contributed by atoms with Gasteiger partial charge in [-0.15, -0.1) is 0 Å².